The molecule has 32 heavy (non-hydrogen) atoms. The molecule has 0 aliphatic carbocycles. The monoisotopic (exact) mass is 429 g/mol. The van der Waals surface area contributed by atoms with Crippen LogP contribution >= 0.6 is 0 Å². The number of hydrogen-bond acceptors (Lipinski definition) is 4. The fourth-order valence-electron chi connectivity index (χ4n) is 4.38. The molecule has 1 atom stereocenters. The first-order valence-electron chi connectivity index (χ1n) is 10.7. The summed E-state index contributed by atoms with van der Waals surface area (Å²) < 4.78 is 0. The predicted molar refractivity (Wildman–Crippen MR) is 121 cm³/mol. The standard InChI is InChI=1S/C24H23N5O3/c1-2-15-7-9-16(10-8-15)26-22(30)12-25-29-14-23(31)28-13-20-18(11-21(28)24(29)32)17-5-3-4-6-19(17)27-20/h3-10,12,21,27H,2,11,13-14H2,1H3,(H,26,30). The molecule has 2 aliphatic rings. The molecule has 0 bridgehead atoms. The second kappa shape index (κ2) is 7.96. The van der Waals surface area contributed by atoms with E-state index in [-0.39, 0.29) is 18.4 Å². The lowest BCUT2D eigenvalue weighted by Gasteiger charge is -2.40. The fraction of sp³-hybridized carbons (Fsp3) is 0.250. The summed E-state index contributed by atoms with van der Waals surface area (Å²) in [7, 11) is 0. The molecule has 8 nitrogen and oxygen atoms in total. The molecule has 2 aliphatic heterocycles. The Morgan fingerprint density at radius 3 is 2.72 bits per heavy atom. The number of carbonyl (C=O) groups is 3. The van der Waals surface area contributed by atoms with E-state index in [1.807, 2.05) is 48.5 Å². The number of benzene rings is 2. The van der Waals surface area contributed by atoms with Gasteiger partial charge in [0.1, 0.15) is 18.8 Å². The highest BCUT2D eigenvalue weighted by atomic mass is 16.2. The Hall–Kier alpha value is -3.94. The zero-order valence-electron chi connectivity index (χ0n) is 17.7. The van der Waals surface area contributed by atoms with E-state index in [1.54, 1.807) is 4.90 Å². The van der Waals surface area contributed by atoms with Gasteiger partial charge in [0, 0.05) is 28.7 Å². The van der Waals surface area contributed by atoms with Crippen molar-refractivity contribution in [2.24, 2.45) is 5.10 Å². The summed E-state index contributed by atoms with van der Waals surface area (Å²) in [5.41, 5.74) is 4.83. The van der Waals surface area contributed by atoms with Crippen molar-refractivity contribution in [2.45, 2.75) is 32.4 Å². The predicted octanol–water partition coefficient (Wildman–Crippen LogP) is 2.45. The summed E-state index contributed by atoms with van der Waals surface area (Å²) in [6.45, 7) is 2.24. The van der Waals surface area contributed by atoms with Gasteiger partial charge in [0.25, 0.3) is 11.8 Å². The van der Waals surface area contributed by atoms with Crippen LogP contribution in [0.15, 0.2) is 53.6 Å². The van der Waals surface area contributed by atoms with Gasteiger partial charge in [-0.05, 0) is 35.7 Å². The minimum Gasteiger partial charge on any atom is -0.357 e. The van der Waals surface area contributed by atoms with E-state index >= 15 is 0 Å². The third-order valence-electron chi connectivity index (χ3n) is 6.09. The second-order valence-corrected chi connectivity index (χ2v) is 8.05. The molecule has 0 saturated carbocycles. The Bertz CT molecular complexity index is 1240. The van der Waals surface area contributed by atoms with E-state index in [0.29, 0.717) is 18.7 Å². The third-order valence-corrected chi connectivity index (χ3v) is 6.09. The van der Waals surface area contributed by atoms with Gasteiger partial charge in [-0.2, -0.15) is 5.10 Å². The summed E-state index contributed by atoms with van der Waals surface area (Å²) in [5.74, 6) is -0.928. The van der Waals surface area contributed by atoms with Crippen LogP contribution < -0.4 is 5.32 Å². The van der Waals surface area contributed by atoms with E-state index < -0.39 is 11.9 Å². The van der Waals surface area contributed by atoms with Crippen LogP contribution in [0.25, 0.3) is 10.9 Å². The first-order valence-corrected chi connectivity index (χ1v) is 10.7. The van der Waals surface area contributed by atoms with Crippen LogP contribution in [-0.4, -0.2) is 51.4 Å². The van der Waals surface area contributed by atoms with E-state index in [1.165, 1.54) is 5.56 Å². The number of fused-ring (bicyclic) bond motifs is 4. The summed E-state index contributed by atoms with van der Waals surface area (Å²) in [6, 6.07) is 14.8. The number of H-pyrrole nitrogens is 1. The molecule has 1 saturated heterocycles. The lowest BCUT2D eigenvalue weighted by atomic mass is 9.94. The number of amides is 3. The zero-order valence-corrected chi connectivity index (χ0v) is 17.7. The molecular formula is C24H23N5O3. The number of nitrogens with one attached hydrogen (secondary N) is 2. The Morgan fingerprint density at radius 1 is 1.16 bits per heavy atom. The van der Waals surface area contributed by atoms with Crippen molar-refractivity contribution in [1.29, 1.82) is 0 Å². The fourth-order valence-corrected chi connectivity index (χ4v) is 4.38. The molecule has 5 rings (SSSR count). The van der Waals surface area contributed by atoms with Crippen molar-refractivity contribution < 1.29 is 14.4 Å². The molecule has 1 fully saturated rings. The molecule has 3 aromatic rings. The van der Waals surface area contributed by atoms with Gasteiger partial charge in [0.2, 0.25) is 5.91 Å². The highest BCUT2D eigenvalue weighted by molar-refractivity contribution is 6.31. The van der Waals surface area contributed by atoms with Gasteiger partial charge >= 0.3 is 0 Å². The summed E-state index contributed by atoms with van der Waals surface area (Å²) in [4.78, 5) is 43.1. The number of piperazine rings is 1. The molecule has 162 valence electrons. The average Bonchev–Trinajstić information content (AvgIpc) is 3.18. The van der Waals surface area contributed by atoms with Gasteiger partial charge in [-0.3, -0.25) is 14.4 Å². The number of aryl methyl sites for hydroxylation is 1. The van der Waals surface area contributed by atoms with Crippen molar-refractivity contribution in [3.8, 4) is 0 Å². The average molecular weight is 429 g/mol. The largest absolute Gasteiger partial charge is 0.357 e. The molecule has 3 amide bonds. The SMILES string of the molecule is CCc1ccc(NC(=O)C=NN2CC(=O)N3Cc4[nH]c5ccccc5c4CC3C2=O)cc1. The maximum Gasteiger partial charge on any atom is 0.268 e. The third kappa shape index (κ3) is 3.53. The topological polar surface area (TPSA) is 97.9 Å². The Kier molecular flexibility index (Phi) is 4.97. The second-order valence-electron chi connectivity index (χ2n) is 8.05. The smallest absolute Gasteiger partial charge is 0.268 e. The molecule has 2 aromatic carbocycles. The number of anilines is 1. The maximum absolute atomic E-state index is 13.1. The summed E-state index contributed by atoms with van der Waals surface area (Å²) in [6.07, 6.45) is 2.39. The highest BCUT2D eigenvalue weighted by Gasteiger charge is 2.43. The Morgan fingerprint density at radius 2 is 1.94 bits per heavy atom. The highest BCUT2D eigenvalue weighted by Crippen LogP contribution is 2.32. The minimum atomic E-state index is -0.621. The van der Waals surface area contributed by atoms with Gasteiger partial charge < -0.3 is 15.2 Å². The molecule has 0 radical (unpaired) electrons. The van der Waals surface area contributed by atoms with Crippen LogP contribution in [0.3, 0.4) is 0 Å². The number of aromatic amines is 1. The number of rotatable bonds is 4. The van der Waals surface area contributed by atoms with Crippen LogP contribution in [0.2, 0.25) is 0 Å². The van der Waals surface area contributed by atoms with Crippen LogP contribution in [0.1, 0.15) is 23.7 Å². The van der Waals surface area contributed by atoms with Crippen LogP contribution in [0.4, 0.5) is 5.69 Å². The first-order chi connectivity index (χ1) is 15.5. The number of para-hydroxylation sites is 1. The van der Waals surface area contributed by atoms with Gasteiger partial charge in [0.05, 0.1) is 6.54 Å². The summed E-state index contributed by atoms with van der Waals surface area (Å²) in [5, 5.41) is 8.92. The van der Waals surface area contributed by atoms with Crippen molar-refractivity contribution in [2.75, 3.05) is 11.9 Å². The number of aromatic nitrogens is 1. The Labute approximate surface area is 184 Å². The lowest BCUT2D eigenvalue weighted by Crippen LogP contribution is -2.60. The molecule has 1 aromatic heterocycles. The van der Waals surface area contributed by atoms with Gasteiger partial charge in [-0.1, -0.05) is 37.3 Å². The lowest BCUT2D eigenvalue weighted by molar-refractivity contribution is -0.157. The van der Waals surface area contributed by atoms with Crippen molar-refractivity contribution in [3.05, 3.63) is 65.4 Å². The number of carbonyl (C=O) groups excluding carboxylic acids is 3. The minimum absolute atomic E-state index is 0.181. The van der Waals surface area contributed by atoms with E-state index in [4.69, 9.17) is 0 Å². The first kappa shape index (κ1) is 20.0. The van der Waals surface area contributed by atoms with Crippen LogP contribution in [0.5, 0.6) is 0 Å². The van der Waals surface area contributed by atoms with E-state index in [2.05, 4.69) is 22.3 Å². The summed E-state index contributed by atoms with van der Waals surface area (Å²) >= 11 is 0. The number of hydrazone groups is 1. The van der Waals surface area contributed by atoms with Crippen LogP contribution in [-0.2, 0) is 33.8 Å². The molecule has 0 spiro atoms. The number of hydrogen-bond donors (Lipinski definition) is 2. The van der Waals surface area contributed by atoms with E-state index in [0.717, 1.165) is 39.8 Å². The van der Waals surface area contributed by atoms with Crippen molar-refractivity contribution >= 4 is 40.5 Å². The molecule has 1 unspecified atom stereocenters. The molecule has 3 heterocycles. The van der Waals surface area contributed by atoms with Gasteiger partial charge in [-0.15, -0.1) is 0 Å². The Balaban J connectivity index is 1.31. The van der Waals surface area contributed by atoms with Gasteiger partial charge in [-0.25, -0.2) is 5.01 Å². The molecular weight excluding hydrogens is 406 g/mol. The quantitative estimate of drug-likeness (QED) is 0.624. The van der Waals surface area contributed by atoms with Crippen LogP contribution in [0, 0.1) is 0 Å². The van der Waals surface area contributed by atoms with E-state index in [9.17, 15) is 14.4 Å². The van der Waals surface area contributed by atoms with Gasteiger partial charge in [0.15, 0.2) is 0 Å². The maximum atomic E-state index is 13.1. The molecule has 8 heteroatoms. The molecule has 2 N–H and O–H groups in total. The number of nitrogens with zero attached hydrogens (tertiary/aromatic N) is 3. The zero-order chi connectivity index (χ0) is 22.2. The van der Waals surface area contributed by atoms with Crippen molar-refractivity contribution in [3.63, 3.8) is 0 Å². The van der Waals surface area contributed by atoms with Crippen molar-refractivity contribution in [1.82, 2.24) is 14.9 Å². The normalized spacial score (nSPS) is 18.2.